The first-order valence-electron chi connectivity index (χ1n) is 8.65. The maximum Gasteiger partial charge on any atom is 0.339 e. The Balaban J connectivity index is 1.91. The van der Waals surface area contributed by atoms with Crippen molar-refractivity contribution >= 4 is 23.3 Å². The number of esters is 1. The molecule has 0 spiro atoms. The smallest absolute Gasteiger partial charge is 0.339 e. The van der Waals surface area contributed by atoms with E-state index in [9.17, 15) is 19.7 Å². The van der Waals surface area contributed by atoms with E-state index in [0.717, 1.165) is 17.5 Å². The first-order chi connectivity index (χ1) is 12.7. The number of cyclic esters (lactones) is 1. The second-order valence-corrected chi connectivity index (χ2v) is 6.87. The molecule has 1 aliphatic heterocycles. The highest BCUT2D eigenvalue weighted by Crippen LogP contribution is 2.32. The van der Waals surface area contributed by atoms with Gasteiger partial charge in [0.05, 0.1) is 10.5 Å². The molecule has 0 fully saturated rings. The fourth-order valence-electron chi connectivity index (χ4n) is 3.15. The summed E-state index contributed by atoms with van der Waals surface area (Å²) in [6, 6.07) is 9.99. The van der Waals surface area contributed by atoms with Crippen molar-refractivity contribution in [3.8, 4) is 0 Å². The third kappa shape index (κ3) is 3.53. The second kappa shape index (κ2) is 6.83. The van der Waals surface area contributed by atoms with Crippen LogP contribution < -0.4 is 5.32 Å². The molecule has 7 heteroatoms. The molecule has 1 amide bonds. The number of aryl methyl sites for hydroxylation is 2. The van der Waals surface area contributed by atoms with Gasteiger partial charge in [-0.15, -0.1) is 0 Å². The number of carbonyl (C=O) groups excluding carboxylic acids is 2. The zero-order valence-corrected chi connectivity index (χ0v) is 15.4. The molecule has 140 valence electrons. The fraction of sp³-hybridized carbons (Fsp3) is 0.300. The van der Waals surface area contributed by atoms with Gasteiger partial charge in [-0.3, -0.25) is 14.9 Å². The predicted molar refractivity (Wildman–Crippen MR) is 99.8 cm³/mol. The molecule has 0 bridgehead atoms. The summed E-state index contributed by atoms with van der Waals surface area (Å²) < 4.78 is 5.41. The van der Waals surface area contributed by atoms with E-state index in [0.29, 0.717) is 11.1 Å². The van der Waals surface area contributed by atoms with E-state index in [1.807, 2.05) is 19.1 Å². The zero-order chi connectivity index (χ0) is 19.8. The van der Waals surface area contributed by atoms with Gasteiger partial charge >= 0.3 is 5.97 Å². The van der Waals surface area contributed by atoms with Gasteiger partial charge in [-0.2, -0.15) is 0 Å². The molecule has 0 saturated carbocycles. The van der Waals surface area contributed by atoms with Gasteiger partial charge in [0.15, 0.2) is 5.60 Å². The number of carbonyl (C=O) groups is 2. The quantitative estimate of drug-likeness (QED) is 0.505. The fourth-order valence-corrected chi connectivity index (χ4v) is 3.15. The number of amides is 1. The van der Waals surface area contributed by atoms with E-state index in [1.54, 1.807) is 19.1 Å². The molecule has 0 aliphatic carbocycles. The Hall–Kier alpha value is -3.22. The monoisotopic (exact) mass is 368 g/mol. The number of nitro groups is 1. The third-order valence-corrected chi connectivity index (χ3v) is 4.72. The Labute approximate surface area is 156 Å². The number of anilines is 1. The number of ether oxygens (including phenoxy) is 1. The normalized spacial score (nSPS) is 18.4. The number of nitrogens with one attached hydrogen (secondary N) is 1. The highest BCUT2D eigenvalue weighted by molar-refractivity contribution is 6.03. The molecular weight excluding hydrogens is 348 g/mol. The third-order valence-electron chi connectivity index (χ3n) is 4.72. The number of hydrogen-bond donors (Lipinski definition) is 1. The van der Waals surface area contributed by atoms with Crippen LogP contribution in [-0.2, 0) is 22.4 Å². The first-order valence-corrected chi connectivity index (χ1v) is 8.65. The molecule has 3 rings (SSSR count). The largest absolute Gasteiger partial charge is 0.445 e. The van der Waals surface area contributed by atoms with Gasteiger partial charge < -0.3 is 10.1 Å². The van der Waals surface area contributed by atoms with Crippen LogP contribution in [0.25, 0.3) is 0 Å². The van der Waals surface area contributed by atoms with E-state index in [1.165, 1.54) is 19.1 Å². The Morgan fingerprint density at radius 2 is 2.04 bits per heavy atom. The van der Waals surface area contributed by atoms with E-state index < -0.39 is 22.4 Å². The van der Waals surface area contributed by atoms with Crippen LogP contribution in [-0.4, -0.2) is 22.4 Å². The molecule has 0 aromatic heterocycles. The van der Waals surface area contributed by atoms with Crippen molar-refractivity contribution < 1.29 is 19.2 Å². The number of benzene rings is 2. The van der Waals surface area contributed by atoms with Gasteiger partial charge in [-0.1, -0.05) is 25.1 Å². The second-order valence-electron chi connectivity index (χ2n) is 6.87. The summed E-state index contributed by atoms with van der Waals surface area (Å²) in [5.74, 6) is -1.18. The van der Waals surface area contributed by atoms with E-state index >= 15 is 0 Å². The van der Waals surface area contributed by atoms with Crippen molar-refractivity contribution in [2.75, 3.05) is 5.32 Å². The van der Waals surface area contributed by atoms with Crippen molar-refractivity contribution in [2.24, 2.45) is 0 Å². The Kier molecular flexibility index (Phi) is 4.70. The van der Waals surface area contributed by atoms with Crippen LogP contribution in [0.3, 0.4) is 0 Å². The van der Waals surface area contributed by atoms with Crippen molar-refractivity contribution in [1.82, 2.24) is 0 Å². The molecule has 1 atom stereocenters. The molecule has 1 heterocycles. The topological polar surface area (TPSA) is 98.5 Å². The molecule has 27 heavy (non-hydrogen) atoms. The van der Waals surface area contributed by atoms with Crippen LogP contribution in [0.1, 0.15) is 40.9 Å². The predicted octanol–water partition coefficient (Wildman–Crippen LogP) is 3.58. The van der Waals surface area contributed by atoms with Crippen molar-refractivity contribution in [2.45, 2.75) is 39.2 Å². The van der Waals surface area contributed by atoms with Crippen LogP contribution in [0.15, 0.2) is 36.4 Å². The van der Waals surface area contributed by atoms with Crippen molar-refractivity contribution in [3.05, 3.63) is 68.8 Å². The molecular formula is C20H20N2O5. The molecule has 7 nitrogen and oxygen atoms in total. The summed E-state index contributed by atoms with van der Waals surface area (Å²) in [4.78, 5) is 35.9. The maximum atomic E-state index is 12.8. The number of nitro benzene ring substituents is 1. The van der Waals surface area contributed by atoms with Gasteiger partial charge in [-0.05, 0) is 49.1 Å². The summed E-state index contributed by atoms with van der Waals surface area (Å²) in [6.07, 6.45) is 1.01. The minimum atomic E-state index is -1.45. The number of rotatable bonds is 4. The first kappa shape index (κ1) is 18.6. The summed E-state index contributed by atoms with van der Waals surface area (Å²) in [6.45, 7) is 5.25. The minimum Gasteiger partial charge on any atom is -0.445 e. The SMILES string of the molecule is CCc1ccc2c(c1)CC(C)(C(=O)Nc1ccc(C)cc1[N+](=O)[O-])OC2=O. The van der Waals surface area contributed by atoms with E-state index in [4.69, 9.17) is 4.74 Å². The van der Waals surface area contributed by atoms with E-state index in [2.05, 4.69) is 5.32 Å². The highest BCUT2D eigenvalue weighted by atomic mass is 16.6. The van der Waals surface area contributed by atoms with E-state index in [-0.39, 0.29) is 17.8 Å². The maximum absolute atomic E-state index is 12.8. The number of fused-ring (bicyclic) bond motifs is 1. The lowest BCUT2D eigenvalue weighted by Crippen LogP contribution is -2.49. The Morgan fingerprint density at radius 3 is 2.70 bits per heavy atom. The lowest BCUT2D eigenvalue weighted by molar-refractivity contribution is -0.384. The average Bonchev–Trinajstić information content (AvgIpc) is 2.62. The summed E-state index contributed by atoms with van der Waals surface area (Å²) >= 11 is 0. The number of nitrogens with zero attached hydrogens (tertiary/aromatic N) is 1. The van der Waals surface area contributed by atoms with Crippen LogP contribution >= 0.6 is 0 Å². The lowest BCUT2D eigenvalue weighted by Gasteiger charge is -2.33. The van der Waals surface area contributed by atoms with Gasteiger partial charge in [-0.25, -0.2) is 4.79 Å². The minimum absolute atomic E-state index is 0.0704. The summed E-state index contributed by atoms with van der Waals surface area (Å²) in [5, 5.41) is 13.8. The highest BCUT2D eigenvalue weighted by Gasteiger charge is 2.43. The van der Waals surface area contributed by atoms with Crippen molar-refractivity contribution in [3.63, 3.8) is 0 Å². The molecule has 0 radical (unpaired) electrons. The standard InChI is InChI=1S/C20H20N2O5/c1-4-13-6-7-15-14(10-13)11-20(3,27-18(15)23)19(24)21-16-8-5-12(2)9-17(16)22(25)26/h5-10H,4,11H2,1-3H3,(H,21,24). The van der Waals surface area contributed by atoms with Gasteiger partial charge in [0.25, 0.3) is 11.6 Å². The molecule has 1 N–H and O–H groups in total. The van der Waals surface area contributed by atoms with Gasteiger partial charge in [0.1, 0.15) is 5.69 Å². The van der Waals surface area contributed by atoms with Crippen LogP contribution in [0, 0.1) is 17.0 Å². The van der Waals surface area contributed by atoms with Gasteiger partial charge in [0, 0.05) is 12.5 Å². The van der Waals surface area contributed by atoms with Crippen LogP contribution in [0.5, 0.6) is 0 Å². The molecule has 1 unspecified atom stereocenters. The van der Waals surface area contributed by atoms with Crippen LogP contribution in [0.4, 0.5) is 11.4 Å². The molecule has 0 saturated heterocycles. The molecule has 2 aromatic rings. The lowest BCUT2D eigenvalue weighted by atomic mass is 9.88. The summed E-state index contributed by atoms with van der Waals surface area (Å²) in [5.41, 5.74) is 1.36. The summed E-state index contributed by atoms with van der Waals surface area (Å²) in [7, 11) is 0. The number of hydrogen-bond acceptors (Lipinski definition) is 5. The zero-order valence-electron chi connectivity index (χ0n) is 15.4. The van der Waals surface area contributed by atoms with Gasteiger partial charge in [0.2, 0.25) is 0 Å². The Morgan fingerprint density at radius 1 is 1.30 bits per heavy atom. The molecule has 2 aromatic carbocycles. The average molecular weight is 368 g/mol. The van der Waals surface area contributed by atoms with Crippen molar-refractivity contribution in [1.29, 1.82) is 0 Å². The van der Waals surface area contributed by atoms with Crippen LogP contribution in [0.2, 0.25) is 0 Å². The Bertz CT molecular complexity index is 953. The molecule has 1 aliphatic rings.